The van der Waals surface area contributed by atoms with Crippen molar-refractivity contribution in [1.82, 2.24) is 4.98 Å². The van der Waals surface area contributed by atoms with E-state index in [0.29, 0.717) is 10.7 Å². The predicted octanol–water partition coefficient (Wildman–Crippen LogP) is 3.88. The van der Waals surface area contributed by atoms with Crippen molar-refractivity contribution in [2.75, 3.05) is 5.32 Å². The zero-order valence-electron chi connectivity index (χ0n) is 9.46. The van der Waals surface area contributed by atoms with Gasteiger partial charge in [-0.15, -0.1) is 11.3 Å². The normalized spacial score (nSPS) is 12.1. The van der Waals surface area contributed by atoms with Crippen molar-refractivity contribution >= 4 is 34.3 Å². The molecule has 5 nitrogen and oxygen atoms in total. The molecule has 2 aromatic rings. The molecule has 18 heavy (non-hydrogen) atoms. The van der Waals surface area contributed by atoms with Crippen LogP contribution in [0.15, 0.2) is 29.9 Å². The third-order valence-electron chi connectivity index (χ3n) is 2.41. The third kappa shape index (κ3) is 2.77. The van der Waals surface area contributed by atoms with Crippen molar-refractivity contribution in [2.45, 2.75) is 13.0 Å². The van der Waals surface area contributed by atoms with Crippen LogP contribution < -0.4 is 5.32 Å². The summed E-state index contributed by atoms with van der Waals surface area (Å²) in [5.74, 6) is 0. The highest BCUT2D eigenvalue weighted by Gasteiger charge is 2.16. The molecule has 2 rings (SSSR count). The summed E-state index contributed by atoms with van der Waals surface area (Å²) in [7, 11) is 0. The maximum atomic E-state index is 10.9. The van der Waals surface area contributed by atoms with Crippen LogP contribution in [0, 0.1) is 10.1 Å². The summed E-state index contributed by atoms with van der Waals surface area (Å²) >= 11 is 7.35. The van der Waals surface area contributed by atoms with Crippen LogP contribution in [0.3, 0.4) is 0 Å². The van der Waals surface area contributed by atoms with E-state index in [-0.39, 0.29) is 11.7 Å². The molecule has 0 spiro atoms. The van der Waals surface area contributed by atoms with E-state index in [1.807, 2.05) is 6.92 Å². The molecule has 1 aromatic heterocycles. The molecule has 1 atom stereocenters. The van der Waals surface area contributed by atoms with Crippen LogP contribution in [0.25, 0.3) is 0 Å². The summed E-state index contributed by atoms with van der Waals surface area (Å²) in [5.41, 5.74) is 2.14. The Labute approximate surface area is 113 Å². The predicted molar refractivity (Wildman–Crippen MR) is 72.3 cm³/mol. The molecule has 0 aliphatic carbocycles. The standard InChI is InChI=1S/C11H10ClN3O2S/c1-7(11-5-13-6-18-11)14-9-4-8(12)2-3-10(9)15(16)17/h2-7,14H,1H3. The third-order valence-corrected chi connectivity index (χ3v) is 3.60. The fraction of sp³-hybridized carbons (Fsp3) is 0.182. The quantitative estimate of drug-likeness (QED) is 0.683. The summed E-state index contributed by atoms with van der Waals surface area (Å²) in [6, 6.07) is 4.39. The molecule has 0 fully saturated rings. The minimum Gasteiger partial charge on any atom is -0.372 e. The van der Waals surface area contributed by atoms with Crippen molar-refractivity contribution in [3.05, 3.63) is 49.9 Å². The monoisotopic (exact) mass is 283 g/mol. The summed E-state index contributed by atoms with van der Waals surface area (Å²) in [5, 5.41) is 14.5. The fourth-order valence-corrected chi connectivity index (χ4v) is 2.33. The van der Waals surface area contributed by atoms with Crippen molar-refractivity contribution in [3.63, 3.8) is 0 Å². The molecular formula is C11H10ClN3O2S. The van der Waals surface area contributed by atoms with Crippen LogP contribution in [0.2, 0.25) is 5.02 Å². The van der Waals surface area contributed by atoms with Gasteiger partial charge in [-0.3, -0.25) is 15.1 Å². The summed E-state index contributed by atoms with van der Waals surface area (Å²) in [4.78, 5) is 15.5. The van der Waals surface area contributed by atoms with Crippen LogP contribution in [-0.2, 0) is 0 Å². The number of anilines is 1. The molecule has 1 aromatic carbocycles. The van der Waals surface area contributed by atoms with Crippen LogP contribution in [0.5, 0.6) is 0 Å². The van der Waals surface area contributed by atoms with E-state index in [4.69, 9.17) is 11.6 Å². The van der Waals surface area contributed by atoms with Gasteiger partial charge in [0.1, 0.15) is 5.69 Å². The Morgan fingerprint density at radius 1 is 1.56 bits per heavy atom. The molecule has 0 saturated carbocycles. The van der Waals surface area contributed by atoms with Gasteiger partial charge in [-0.25, -0.2) is 0 Å². The van der Waals surface area contributed by atoms with Crippen LogP contribution in [-0.4, -0.2) is 9.91 Å². The lowest BCUT2D eigenvalue weighted by atomic mass is 10.2. The van der Waals surface area contributed by atoms with Crippen LogP contribution in [0.1, 0.15) is 17.8 Å². The van der Waals surface area contributed by atoms with E-state index in [0.717, 1.165) is 4.88 Å². The topological polar surface area (TPSA) is 68.1 Å². The number of rotatable bonds is 4. The SMILES string of the molecule is CC(Nc1cc(Cl)ccc1[N+](=O)[O-])c1cncs1. The molecule has 0 aliphatic rings. The first-order valence-corrected chi connectivity index (χ1v) is 6.42. The lowest BCUT2D eigenvalue weighted by Gasteiger charge is -2.13. The Morgan fingerprint density at radius 2 is 2.33 bits per heavy atom. The largest absolute Gasteiger partial charge is 0.372 e. The molecule has 0 bridgehead atoms. The number of thiazole rings is 1. The van der Waals surface area contributed by atoms with E-state index in [1.165, 1.54) is 23.5 Å². The maximum absolute atomic E-state index is 10.9. The number of aromatic nitrogens is 1. The summed E-state index contributed by atoms with van der Waals surface area (Å²) in [6.07, 6.45) is 1.73. The van der Waals surface area contributed by atoms with Crippen molar-refractivity contribution in [2.24, 2.45) is 0 Å². The van der Waals surface area contributed by atoms with Crippen LogP contribution >= 0.6 is 22.9 Å². The molecule has 7 heteroatoms. The van der Waals surface area contributed by atoms with Crippen molar-refractivity contribution in [3.8, 4) is 0 Å². The Morgan fingerprint density at radius 3 is 2.94 bits per heavy atom. The number of nitrogens with zero attached hydrogens (tertiary/aromatic N) is 2. The van der Waals surface area contributed by atoms with Gasteiger partial charge in [0.25, 0.3) is 5.69 Å². The van der Waals surface area contributed by atoms with Gasteiger partial charge in [0.05, 0.1) is 16.5 Å². The van der Waals surface area contributed by atoms with Gasteiger partial charge in [-0.1, -0.05) is 11.6 Å². The molecular weight excluding hydrogens is 274 g/mol. The first-order valence-electron chi connectivity index (χ1n) is 5.17. The minimum absolute atomic E-state index is 0.00997. The Kier molecular flexibility index (Phi) is 3.78. The smallest absolute Gasteiger partial charge is 0.292 e. The van der Waals surface area contributed by atoms with Gasteiger partial charge in [0.2, 0.25) is 0 Å². The fourth-order valence-electron chi connectivity index (χ4n) is 1.53. The highest BCUT2D eigenvalue weighted by molar-refractivity contribution is 7.09. The van der Waals surface area contributed by atoms with Crippen molar-refractivity contribution < 1.29 is 4.92 Å². The Balaban J connectivity index is 2.28. The maximum Gasteiger partial charge on any atom is 0.292 e. The van der Waals surface area contributed by atoms with E-state index in [2.05, 4.69) is 10.3 Å². The van der Waals surface area contributed by atoms with Crippen LogP contribution in [0.4, 0.5) is 11.4 Å². The summed E-state index contributed by atoms with van der Waals surface area (Å²) < 4.78 is 0. The minimum atomic E-state index is -0.432. The number of nitro benzene ring substituents is 1. The zero-order chi connectivity index (χ0) is 13.1. The molecule has 94 valence electrons. The highest BCUT2D eigenvalue weighted by atomic mass is 35.5. The highest BCUT2D eigenvalue weighted by Crippen LogP contribution is 2.31. The van der Waals surface area contributed by atoms with Gasteiger partial charge >= 0.3 is 0 Å². The molecule has 0 amide bonds. The van der Waals surface area contributed by atoms with Gasteiger partial charge < -0.3 is 5.32 Å². The van der Waals surface area contributed by atoms with Gasteiger partial charge in [0, 0.05) is 22.2 Å². The average Bonchev–Trinajstić information content (AvgIpc) is 2.81. The molecule has 0 aliphatic heterocycles. The number of hydrogen-bond acceptors (Lipinski definition) is 5. The average molecular weight is 284 g/mol. The van der Waals surface area contributed by atoms with Gasteiger partial charge in [-0.05, 0) is 19.1 Å². The lowest BCUT2D eigenvalue weighted by molar-refractivity contribution is -0.384. The summed E-state index contributed by atoms with van der Waals surface area (Å²) in [6.45, 7) is 1.91. The molecule has 0 saturated heterocycles. The van der Waals surface area contributed by atoms with E-state index in [1.54, 1.807) is 17.8 Å². The van der Waals surface area contributed by atoms with E-state index < -0.39 is 4.92 Å². The number of hydrogen-bond donors (Lipinski definition) is 1. The number of nitrogens with one attached hydrogen (secondary N) is 1. The van der Waals surface area contributed by atoms with Gasteiger partial charge in [-0.2, -0.15) is 0 Å². The second-order valence-electron chi connectivity index (χ2n) is 3.69. The molecule has 0 radical (unpaired) electrons. The lowest BCUT2D eigenvalue weighted by Crippen LogP contribution is -2.07. The first-order chi connectivity index (χ1) is 8.58. The number of halogens is 1. The molecule has 1 unspecified atom stereocenters. The first kappa shape index (κ1) is 12.8. The number of nitro groups is 1. The second-order valence-corrected chi connectivity index (χ2v) is 5.04. The van der Waals surface area contributed by atoms with E-state index in [9.17, 15) is 10.1 Å². The Bertz CT molecular complexity index is 559. The van der Waals surface area contributed by atoms with Crippen molar-refractivity contribution in [1.29, 1.82) is 0 Å². The van der Waals surface area contributed by atoms with Gasteiger partial charge in [0.15, 0.2) is 0 Å². The molecule has 1 N–H and O–H groups in total. The van der Waals surface area contributed by atoms with E-state index >= 15 is 0 Å². The number of benzene rings is 1. The Hall–Kier alpha value is -1.66. The molecule has 1 heterocycles. The second kappa shape index (κ2) is 5.32. The zero-order valence-corrected chi connectivity index (χ0v) is 11.0.